The van der Waals surface area contributed by atoms with E-state index in [2.05, 4.69) is 30.5 Å². The number of aliphatic hydroxyl groups excluding tert-OH is 1. The number of aryl methyl sites for hydroxylation is 1. The molecule has 1 unspecified atom stereocenters. The summed E-state index contributed by atoms with van der Waals surface area (Å²) in [4.78, 5) is 44.0. The Hall–Kier alpha value is -4.30. The number of β-amino-alcohol motifs (C(OH)–C–C–N with tert-alkyl or cyclic N) is 1. The number of nitrogens with zero attached hydrogens (tertiary/aromatic N) is 6. The number of anilines is 2. The number of benzene rings is 1. The van der Waals surface area contributed by atoms with Gasteiger partial charge in [0.25, 0.3) is 5.91 Å². The van der Waals surface area contributed by atoms with Crippen molar-refractivity contribution in [2.24, 2.45) is 0 Å². The molecule has 5 heterocycles. The van der Waals surface area contributed by atoms with Crippen LogP contribution in [0, 0.1) is 19.7 Å². The maximum Gasteiger partial charge on any atom is 0.270 e. The molecule has 3 aliphatic rings. The van der Waals surface area contributed by atoms with Crippen molar-refractivity contribution in [3.63, 3.8) is 0 Å². The monoisotopic (exact) mass is 650 g/mol. The minimum Gasteiger partial charge on any atom is -0.485 e. The molecular weight excluding hydrogens is 607 g/mol. The lowest BCUT2D eigenvalue weighted by molar-refractivity contribution is -0.132. The van der Waals surface area contributed by atoms with Gasteiger partial charge < -0.3 is 34.7 Å². The maximum atomic E-state index is 15.3. The molecule has 6 rings (SSSR count). The van der Waals surface area contributed by atoms with Gasteiger partial charge in [-0.25, -0.2) is 14.4 Å². The zero-order chi connectivity index (χ0) is 33.1. The molecule has 2 fully saturated rings. The van der Waals surface area contributed by atoms with Gasteiger partial charge in [0.05, 0.1) is 17.8 Å². The highest BCUT2D eigenvalue weighted by atomic mass is 19.1. The summed E-state index contributed by atoms with van der Waals surface area (Å²) in [6.07, 6.45) is 4.32. The standard InChI is InChI=1S/C33H43FN8O5/c1-20-25-7-10-40(17-26(25)27(34)11-29(20)46-18-30-21(2)36-19-47-30)16-24(44)13-35-32(45)28-12-31(37-23-14-42(15-23)22(3)43)39-33(38-28)41-8-5-4-6-9-41/h11-12,19,23-24,44H,4-10,13-18H2,1-3H3,(H,35,45)(H,37,38,39). The van der Waals surface area contributed by atoms with Crippen LogP contribution in [0.2, 0.25) is 0 Å². The van der Waals surface area contributed by atoms with Gasteiger partial charge in [0, 0.05) is 77.0 Å². The number of likely N-dealkylation sites (tertiary alicyclic amines) is 1. The number of hydrogen-bond donors (Lipinski definition) is 3. The van der Waals surface area contributed by atoms with Crippen LogP contribution in [-0.2, 0) is 24.4 Å². The van der Waals surface area contributed by atoms with E-state index in [1.807, 2.05) is 18.7 Å². The molecule has 3 aliphatic heterocycles. The number of oxazole rings is 1. The summed E-state index contributed by atoms with van der Waals surface area (Å²) < 4.78 is 26.5. The first-order valence-electron chi connectivity index (χ1n) is 16.3. The summed E-state index contributed by atoms with van der Waals surface area (Å²) in [5.41, 5.74) is 3.35. The van der Waals surface area contributed by atoms with Gasteiger partial charge in [0.2, 0.25) is 11.9 Å². The average molecular weight is 651 g/mol. The Morgan fingerprint density at radius 2 is 1.91 bits per heavy atom. The van der Waals surface area contributed by atoms with Crippen LogP contribution >= 0.6 is 0 Å². The smallest absolute Gasteiger partial charge is 0.270 e. The summed E-state index contributed by atoms with van der Waals surface area (Å²) in [5, 5.41) is 17.0. The van der Waals surface area contributed by atoms with Crippen LogP contribution in [0.15, 0.2) is 22.9 Å². The Morgan fingerprint density at radius 3 is 2.64 bits per heavy atom. The van der Waals surface area contributed by atoms with Gasteiger partial charge in [0.15, 0.2) is 12.2 Å². The minimum absolute atomic E-state index is 0.0134. The second-order valence-corrected chi connectivity index (χ2v) is 12.7. The summed E-state index contributed by atoms with van der Waals surface area (Å²) in [7, 11) is 0. The molecule has 13 nitrogen and oxygen atoms in total. The number of fused-ring (bicyclic) bond motifs is 1. The highest BCUT2D eigenvalue weighted by molar-refractivity contribution is 5.93. The number of carbonyl (C=O) groups excluding carboxylic acids is 2. The lowest BCUT2D eigenvalue weighted by atomic mass is 9.93. The molecule has 3 aromatic rings. The molecule has 252 valence electrons. The van der Waals surface area contributed by atoms with Gasteiger partial charge in [-0.1, -0.05) is 0 Å². The Morgan fingerprint density at radius 1 is 1.13 bits per heavy atom. The van der Waals surface area contributed by atoms with E-state index in [-0.39, 0.29) is 43.2 Å². The minimum atomic E-state index is -0.869. The molecule has 0 radical (unpaired) electrons. The quantitative estimate of drug-likeness (QED) is 0.281. The number of nitrogens with one attached hydrogen (secondary N) is 2. The van der Waals surface area contributed by atoms with Gasteiger partial charge in [-0.05, 0) is 50.7 Å². The van der Waals surface area contributed by atoms with Crippen molar-refractivity contribution < 1.29 is 28.2 Å². The molecule has 2 aromatic heterocycles. The molecule has 3 N–H and O–H groups in total. The van der Waals surface area contributed by atoms with Crippen molar-refractivity contribution in [2.45, 2.75) is 71.8 Å². The number of piperidine rings is 1. The number of amides is 2. The van der Waals surface area contributed by atoms with Gasteiger partial charge >= 0.3 is 0 Å². The van der Waals surface area contributed by atoms with Gasteiger partial charge in [0.1, 0.15) is 29.7 Å². The van der Waals surface area contributed by atoms with Crippen LogP contribution in [0.3, 0.4) is 0 Å². The van der Waals surface area contributed by atoms with Crippen molar-refractivity contribution in [1.29, 1.82) is 0 Å². The second-order valence-electron chi connectivity index (χ2n) is 12.7. The van der Waals surface area contributed by atoms with E-state index < -0.39 is 12.0 Å². The Balaban J connectivity index is 1.05. The van der Waals surface area contributed by atoms with Crippen LogP contribution in [0.25, 0.3) is 0 Å². The van der Waals surface area contributed by atoms with Crippen molar-refractivity contribution >= 4 is 23.6 Å². The van der Waals surface area contributed by atoms with E-state index in [0.717, 1.165) is 49.2 Å². The van der Waals surface area contributed by atoms with Crippen LogP contribution in [0.5, 0.6) is 5.75 Å². The third kappa shape index (κ3) is 7.65. The number of hydrogen-bond acceptors (Lipinski definition) is 11. The van der Waals surface area contributed by atoms with E-state index in [0.29, 0.717) is 61.4 Å². The van der Waals surface area contributed by atoms with Gasteiger partial charge in [-0.15, -0.1) is 0 Å². The third-order valence-electron chi connectivity index (χ3n) is 9.23. The van der Waals surface area contributed by atoms with Crippen molar-refractivity contribution in [3.8, 4) is 5.75 Å². The molecule has 0 aliphatic carbocycles. The predicted octanol–water partition coefficient (Wildman–Crippen LogP) is 2.58. The van der Waals surface area contributed by atoms with Crippen LogP contribution in [0.1, 0.15) is 64.8 Å². The molecule has 1 aromatic carbocycles. The Bertz CT molecular complexity index is 1600. The van der Waals surface area contributed by atoms with Crippen LogP contribution in [0.4, 0.5) is 16.2 Å². The van der Waals surface area contributed by atoms with Gasteiger partial charge in [-0.2, -0.15) is 4.98 Å². The van der Waals surface area contributed by atoms with E-state index in [1.54, 1.807) is 17.9 Å². The summed E-state index contributed by atoms with van der Waals surface area (Å²) in [6, 6.07) is 3.07. The summed E-state index contributed by atoms with van der Waals surface area (Å²) in [5.74, 6) is 1.37. The molecule has 0 bridgehead atoms. The summed E-state index contributed by atoms with van der Waals surface area (Å²) >= 11 is 0. The molecule has 2 amide bonds. The fourth-order valence-electron chi connectivity index (χ4n) is 6.39. The lowest BCUT2D eigenvalue weighted by Crippen LogP contribution is -2.56. The average Bonchev–Trinajstić information content (AvgIpc) is 3.46. The molecule has 2 saturated heterocycles. The number of ether oxygens (including phenoxy) is 1. The highest BCUT2D eigenvalue weighted by Crippen LogP contribution is 2.32. The van der Waals surface area contributed by atoms with E-state index >= 15 is 4.39 Å². The molecule has 1 atom stereocenters. The normalized spacial score (nSPS) is 17.6. The largest absolute Gasteiger partial charge is 0.485 e. The molecular formula is C33H43FN8O5. The molecule has 0 saturated carbocycles. The zero-order valence-electron chi connectivity index (χ0n) is 27.2. The fourth-order valence-corrected chi connectivity index (χ4v) is 6.39. The molecule has 14 heteroatoms. The maximum absolute atomic E-state index is 15.3. The molecule has 47 heavy (non-hydrogen) atoms. The van der Waals surface area contributed by atoms with E-state index in [9.17, 15) is 14.7 Å². The van der Waals surface area contributed by atoms with Crippen molar-refractivity contribution in [1.82, 2.24) is 30.1 Å². The van der Waals surface area contributed by atoms with Gasteiger partial charge in [-0.3, -0.25) is 14.5 Å². The molecule has 0 spiro atoms. The first-order valence-corrected chi connectivity index (χ1v) is 16.3. The number of aromatic nitrogens is 3. The van der Waals surface area contributed by atoms with Crippen LogP contribution in [-0.4, -0.2) is 99.6 Å². The third-order valence-corrected chi connectivity index (χ3v) is 9.23. The second kappa shape index (κ2) is 14.2. The van der Waals surface area contributed by atoms with E-state index in [4.69, 9.17) is 9.15 Å². The number of halogens is 1. The number of carbonyl (C=O) groups is 2. The SMILES string of the molecule is CC(=O)N1CC(Nc2cc(C(=O)NCC(O)CN3CCc4c(C)c(OCc5ocnc5C)cc(F)c4C3)nc(N3CCCCC3)n2)C1. The van der Waals surface area contributed by atoms with E-state index in [1.165, 1.54) is 12.5 Å². The fraction of sp³-hybridized carbons (Fsp3) is 0.545. The van der Waals surface area contributed by atoms with Crippen molar-refractivity contribution in [2.75, 3.05) is 56.0 Å². The highest BCUT2D eigenvalue weighted by Gasteiger charge is 2.30. The predicted molar refractivity (Wildman–Crippen MR) is 172 cm³/mol. The van der Waals surface area contributed by atoms with Crippen molar-refractivity contribution in [3.05, 3.63) is 58.2 Å². The lowest BCUT2D eigenvalue weighted by Gasteiger charge is -2.39. The first-order chi connectivity index (χ1) is 22.6. The number of rotatable bonds is 11. The topological polar surface area (TPSA) is 149 Å². The Labute approximate surface area is 273 Å². The Kier molecular flexibility index (Phi) is 9.87. The number of aliphatic hydroxyl groups is 1. The zero-order valence-corrected chi connectivity index (χ0v) is 27.2. The first kappa shape index (κ1) is 32.6. The summed E-state index contributed by atoms with van der Waals surface area (Å²) in [6.45, 7) is 9.53. The van der Waals surface area contributed by atoms with Crippen LogP contribution < -0.4 is 20.3 Å².